The molecule has 12 aromatic heterocycles. The van der Waals surface area contributed by atoms with Crippen LogP contribution in [0.3, 0.4) is 0 Å². The van der Waals surface area contributed by atoms with Crippen molar-refractivity contribution in [3.05, 3.63) is 95.6 Å². The van der Waals surface area contributed by atoms with E-state index in [0.717, 1.165) is 70.2 Å². The third-order valence-corrected chi connectivity index (χ3v) is 23.0. The Hall–Kier alpha value is -11.6. The van der Waals surface area contributed by atoms with Crippen LogP contribution < -0.4 is 36.6 Å². The SMILES string of the molecule is CC(C)C1=CCc2ncc(-c3nc(N4CCC(F)(F)C4)c4nc5n(c4n3)CCOC5(C)C)cc21.CC(C)Oc1cc(-c2nc(N3CC(F)(F)C3)c3nc4n(c3n2)CCOC4(C)C)cnc1N.CC1(C)OCCn2c1nc1c(N3CCC(F)(F)C3)nc(-c3cnc(N)nc3)nc12.C[C@@H]1COC(C)(C)c2nc3c(C4CC4)nc(-c4cnc(N)nc4)nc3n21. The Morgan fingerprint density at radius 3 is 1.31 bits per heavy atom. The number of hydrogen-bond acceptors (Lipinski definition) is 29. The van der Waals surface area contributed by atoms with Crippen LogP contribution in [-0.2, 0) is 67.4 Å². The Morgan fingerprint density at radius 1 is 0.446 bits per heavy atom. The molecule has 634 valence electrons. The van der Waals surface area contributed by atoms with Crippen molar-refractivity contribution in [3.63, 3.8) is 0 Å². The first kappa shape index (κ1) is 80.5. The molecule has 33 nitrogen and oxygen atoms in total. The fourth-order valence-electron chi connectivity index (χ4n) is 16.7. The second-order valence-corrected chi connectivity index (χ2v) is 34.8. The van der Waals surface area contributed by atoms with Gasteiger partial charge in [-0.1, -0.05) is 19.9 Å². The van der Waals surface area contributed by atoms with Crippen LogP contribution in [-0.4, -0.2) is 198 Å². The largest absolute Gasteiger partial charge is 0.487 e. The molecule has 6 N–H and O–H groups in total. The molecule has 2 aliphatic carbocycles. The molecule has 7 aliphatic heterocycles. The smallest absolute Gasteiger partial charge is 0.282 e. The van der Waals surface area contributed by atoms with Gasteiger partial charge in [0, 0.05) is 112 Å². The highest BCUT2D eigenvalue weighted by Crippen LogP contribution is 2.47. The highest BCUT2D eigenvalue weighted by atomic mass is 19.3. The van der Waals surface area contributed by atoms with Crippen molar-refractivity contribution in [1.29, 1.82) is 0 Å². The average Bonchev–Trinajstić information content (AvgIpc) is 1.57. The zero-order chi connectivity index (χ0) is 85.1. The molecule has 19 heterocycles. The molecule has 0 bridgehead atoms. The number of anilines is 6. The van der Waals surface area contributed by atoms with Crippen molar-refractivity contribution >= 4 is 85.4 Å². The first-order chi connectivity index (χ1) is 57.3. The Morgan fingerprint density at radius 2 is 0.860 bits per heavy atom. The van der Waals surface area contributed by atoms with Crippen LogP contribution in [0.1, 0.15) is 168 Å². The highest BCUT2D eigenvalue weighted by molar-refractivity contribution is 5.90. The van der Waals surface area contributed by atoms with Gasteiger partial charge in [-0.15, -0.1) is 0 Å². The predicted octanol–water partition coefficient (Wildman–Crippen LogP) is 12.1. The van der Waals surface area contributed by atoms with Gasteiger partial charge in [0.1, 0.15) is 51.2 Å². The molecule has 3 saturated heterocycles. The summed E-state index contributed by atoms with van der Waals surface area (Å²) in [6.07, 6.45) is 14.5. The molecule has 39 heteroatoms. The van der Waals surface area contributed by atoms with Crippen LogP contribution in [0, 0.1) is 5.92 Å². The van der Waals surface area contributed by atoms with E-state index in [-0.39, 0.29) is 62.3 Å². The van der Waals surface area contributed by atoms with E-state index in [0.29, 0.717) is 161 Å². The van der Waals surface area contributed by atoms with Gasteiger partial charge in [-0.25, -0.2) is 111 Å². The van der Waals surface area contributed by atoms with E-state index in [9.17, 15) is 26.3 Å². The van der Waals surface area contributed by atoms with Crippen LogP contribution in [0.25, 0.3) is 95.8 Å². The minimum absolute atomic E-state index is 0.0966. The molecule has 21 rings (SSSR count). The summed E-state index contributed by atoms with van der Waals surface area (Å²) in [7, 11) is 0. The molecule has 12 aromatic rings. The van der Waals surface area contributed by atoms with Crippen molar-refractivity contribution < 1.29 is 50.0 Å². The van der Waals surface area contributed by atoms with E-state index < -0.39 is 59.8 Å². The first-order valence-electron chi connectivity index (χ1n) is 40.7. The monoisotopic (exact) mass is 1660 g/mol. The Balaban J connectivity index is 0.000000111. The van der Waals surface area contributed by atoms with E-state index in [1.807, 2.05) is 69.1 Å². The number of ether oxygens (including phenoxy) is 5. The number of nitrogens with zero attached hydrogens (tertiary/aromatic N) is 25. The molecule has 9 aliphatic rings. The van der Waals surface area contributed by atoms with Gasteiger partial charge in [-0.3, -0.25) is 4.98 Å². The van der Waals surface area contributed by atoms with Crippen LogP contribution >= 0.6 is 0 Å². The molecule has 0 amide bonds. The lowest BCUT2D eigenvalue weighted by Gasteiger charge is -2.39. The zero-order valence-corrected chi connectivity index (χ0v) is 69.5. The van der Waals surface area contributed by atoms with Crippen LogP contribution in [0.5, 0.6) is 5.75 Å². The highest BCUT2D eigenvalue weighted by Gasteiger charge is 2.48. The number of hydrogen-bond donors (Lipinski definition) is 3. The second-order valence-electron chi connectivity index (χ2n) is 34.8. The molecule has 0 spiro atoms. The molecule has 1 saturated carbocycles. The topological polar surface area (TPSA) is 386 Å². The lowest BCUT2D eigenvalue weighted by molar-refractivity contribution is -0.0655. The number of aromatic nitrogens is 22. The number of fused-ring (bicyclic) bond motifs is 13. The Bertz CT molecular complexity index is 6110. The van der Waals surface area contributed by atoms with Crippen molar-refractivity contribution in [2.75, 3.05) is 97.6 Å². The average molecular weight is 1670 g/mol. The Labute approximate surface area is 690 Å². The number of nitrogens with two attached hydrogens (primary N) is 3. The number of imidazole rings is 4. The molecule has 0 unspecified atom stereocenters. The minimum atomic E-state index is -2.76. The minimum Gasteiger partial charge on any atom is -0.487 e. The maximum Gasteiger partial charge on any atom is 0.282 e. The van der Waals surface area contributed by atoms with Crippen molar-refractivity contribution in [1.82, 2.24) is 108 Å². The number of halogens is 6. The van der Waals surface area contributed by atoms with Crippen LogP contribution in [0.15, 0.2) is 55.4 Å². The summed E-state index contributed by atoms with van der Waals surface area (Å²) in [5, 5.41) is 0. The second kappa shape index (κ2) is 29.4. The van der Waals surface area contributed by atoms with Crippen LogP contribution in [0.4, 0.5) is 61.5 Å². The van der Waals surface area contributed by atoms with Crippen molar-refractivity contribution in [3.8, 4) is 51.3 Å². The van der Waals surface area contributed by atoms with E-state index in [1.54, 1.807) is 40.7 Å². The first-order valence-corrected chi connectivity index (χ1v) is 40.7. The number of allylic oxidation sites excluding steroid dienone is 2. The van der Waals surface area contributed by atoms with Gasteiger partial charge in [-0.05, 0) is 113 Å². The van der Waals surface area contributed by atoms with Gasteiger partial charge in [0.05, 0.1) is 87.3 Å². The molecular formula is C82H94F6N28O5. The Kier molecular flexibility index (Phi) is 19.5. The molecule has 4 fully saturated rings. The predicted molar refractivity (Wildman–Crippen MR) is 439 cm³/mol. The lowest BCUT2D eigenvalue weighted by Crippen LogP contribution is -2.56. The number of rotatable bonds is 11. The van der Waals surface area contributed by atoms with E-state index in [2.05, 4.69) is 96.2 Å². The molecule has 0 radical (unpaired) electrons. The quantitative estimate of drug-likeness (QED) is 0.101. The summed E-state index contributed by atoms with van der Waals surface area (Å²) in [5.74, 6) is -0.326. The number of pyridine rings is 2. The summed E-state index contributed by atoms with van der Waals surface area (Å²) in [5.41, 5.74) is 27.1. The van der Waals surface area contributed by atoms with Crippen LogP contribution in [0.2, 0.25) is 0 Å². The standard InChI is InChI=1S/C25H28F2N6O.C21H25F2N7O2.C18H20F2N8O.C18H21N7O/c1-14(2)16-5-6-18-17(16)11-15(12-28-18)20-30-21(32-8-7-25(26,27)13-32)19-22(31-20)33-9-10-34-24(3,4)23(33)29-19;1-11(2)32-13-7-12(8-25-15(13)24)16-27-17(29-9-21(22,23)10-29)14-18(28-16)30-5-6-31-20(3,4)19(30)26-14;1-17(2)15-24-11-13(27-4-3-18(19,20)9-27)25-12(10-7-22-16(21)23-8-10)26-14(11)28(15)5-6-29-17;1-9-8-26-18(2,3)16-23-13-12(10-4-5-10)22-14(24-15(13)25(9)16)11-6-20-17(19)21-7-11/h5,11-12,14H,6-10,13H2,1-4H3;7-8,11H,5-6,9-10H2,1-4H3,(H2,24,25);7-8H,3-6,9H2,1-2H3,(H2,21,22,23);6-7,9-10H,4-5,8H2,1-3H3,(H2,19,20,21)/t;;;9-/m...1/s1. The van der Waals surface area contributed by atoms with Gasteiger partial charge in [0.15, 0.2) is 91.5 Å². The fraction of sp³-hybridized carbons (Fsp3) is 0.512. The lowest BCUT2D eigenvalue weighted by atomic mass is 9.97. The number of nitrogen functional groups attached to an aromatic ring is 3. The van der Waals surface area contributed by atoms with Crippen molar-refractivity contribution in [2.45, 2.75) is 200 Å². The van der Waals surface area contributed by atoms with E-state index >= 15 is 0 Å². The molecule has 1 atom stereocenters. The third-order valence-electron chi connectivity index (χ3n) is 23.0. The van der Waals surface area contributed by atoms with Crippen molar-refractivity contribution in [2.24, 2.45) is 5.92 Å². The van der Waals surface area contributed by atoms with Gasteiger partial charge in [0.2, 0.25) is 11.9 Å². The summed E-state index contributed by atoms with van der Waals surface area (Å²) >= 11 is 0. The summed E-state index contributed by atoms with van der Waals surface area (Å²) in [6, 6.07) is 3.98. The normalized spacial score (nSPS) is 20.4. The van der Waals surface area contributed by atoms with Gasteiger partial charge in [-0.2, -0.15) is 0 Å². The molecule has 0 aromatic carbocycles. The summed E-state index contributed by atoms with van der Waals surface area (Å²) in [4.78, 5) is 87.0. The molecular weight excluding hydrogens is 1570 g/mol. The van der Waals surface area contributed by atoms with Gasteiger partial charge < -0.3 is 73.9 Å². The summed E-state index contributed by atoms with van der Waals surface area (Å²) < 4.78 is 121. The maximum absolute atomic E-state index is 14.2. The fourth-order valence-corrected chi connectivity index (χ4v) is 16.7. The summed E-state index contributed by atoms with van der Waals surface area (Å²) in [6.45, 7) is 28.7. The van der Waals surface area contributed by atoms with E-state index in [4.69, 9.17) is 85.7 Å². The van der Waals surface area contributed by atoms with Gasteiger partial charge >= 0.3 is 0 Å². The molecule has 121 heavy (non-hydrogen) atoms. The zero-order valence-electron chi connectivity index (χ0n) is 69.5. The van der Waals surface area contributed by atoms with Gasteiger partial charge in [0.25, 0.3) is 17.8 Å². The third kappa shape index (κ3) is 15.1. The number of alkyl halides is 6. The van der Waals surface area contributed by atoms with E-state index in [1.165, 1.54) is 22.9 Å². The maximum atomic E-state index is 14.2.